The quantitative estimate of drug-likeness (QED) is 0.444. The number of carbonyl (C=O) groups is 1. The van der Waals surface area contributed by atoms with Crippen molar-refractivity contribution in [1.29, 1.82) is 0 Å². The van der Waals surface area contributed by atoms with E-state index in [-0.39, 0.29) is 61.0 Å². The summed E-state index contributed by atoms with van der Waals surface area (Å²) in [5, 5.41) is 14.7. The first-order chi connectivity index (χ1) is 15.9. The van der Waals surface area contributed by atoms with Gasteiger partial charge in [-0.15, -0.1) is 0 Å². The van der Waals surface area contributed by atoms with Crippen LogP contribution in [0.5, 0.6) is 11.5 Å². The van der Waals surface area contributed by atoms with Crippen LogP contribution >= 0.6 is 0 Å². The Hall–Kier alpha value is -3.66. The first-order valence-corrected chi connectivity index (χ1v) is 10.7. The predicted molar refractivity (Wildman–Crippen MR) is 115 cm³/mol. The molecule has 3 aromatic rings. The number of carbonyl (C=O) groups excluding carboxylic acids is 1. The molecule has 6 rings (SSSR count). The maximum atomic E-state index is 14.8. The van der Waals surface area contributed by atoms with Crippen LogP contribution in [-0.2, 0) is 28.3 Å². The highest BCUT2D eigenvalue weighted by Crippen LogP contribution is 2.48. The lowest BCUT2D eigenvalue weighted by Gasteiger charge is -2.31. The van der Waals surface area contributed by atoms with Gasteiger partial charge in [0.1, 0.15) is 19.8 Å². The highest BCUT2D eigenvalue weighted by molar-refractivity contribution is 6.02. The largest absolute Gasteiger partial charge is 0.485 e. The second-order valence-corrected chi connectivity index (χ2v) is 8.27. The zero-order valence-corrected chi connectivity index (χ0v) is 18.0. The molecule has 0 saturated heterocycles. The van der Waals surface area contributed by atoms with Gasteiger partial charge in [-0.1, -0.05) is 6.92 Å². The molecule has 0 amide bonds. The van der Waals surface area contributed by atoms with Crippen molar-refractivity contribution < 1.29 is 28.5 Å². The van der Waals surface area contributed by atoms with Crippen LogP contribution in [0.2, 0.25) is 0 Å². The Morgan fingerprint density at radius 3 is 2.67 bits per heavy atom. The summed E-state index contributed by atoms with van der Waals surface area (Å²) >= 11 is 0. The fourth-order valence-electron chi connectivity index (χ4n) is 5.00. The Bertz CT molecular complexity index is 1450. The van der Waals surface area contributed by atoms with E-state index < -0.39 is 17.4 Å². The lowest BCUT2D eigenvalue weighted by atomic mass is 9.86. The fourth-order valence-corrected chi connectivity index (χ4v) is 5.00. The molecule has 5 heterocycles. The maximum Gasteiger partial charge on any atom is 0.343 e. The van der Waals surface area contributed by atoms with Crippen molar-refractivity contribution in [2.45, 2.75) is 32.1 Å². The summed E-state index contributed by atoms with van der Waals surface area (Å²) in [4.78, 5) is 30.4. The van der Waals surface area contributed by atoms with Gasteiger partial charge in [-0.3, -0.25) is 4.79 Å². The van der Waals surface area contributed by atoms with Crippen LogP contribution in [0.4, 0.5) is 10.1 Å². The molecule has 0 saturated carbocycles. The van der Waals surface area contributed by atoms with Crippen molar-refractivity contribution in [3.63, 3.8) is 0 Å². The van der Waals surface area contributed by atoms with Gasteiger partial charge in [-0.2, -0.15) is 0 Å². The average Bonchev–Trinajstić information content (AvgIpc) is 3.19. The molecule has 1 atom stereocenters. The van der Waals surface area contributed by atoms with Crippen LogP contribution in [0, 0.1) is 5.82 Å². The number of benzene rings is 1. The standard InChI is InChI=1S/C23H20FN3O6/c1-3-23(30)12-6-15-17-10(8-27(15)21(28)11(12)9-33-22(23)29)18(25-2)16-14(26-17)7-13(24)19-20(16)32-5-4-31-19/h6-7,30H,3-5,8-9H2,1-2H3,(H,25,26)/t23-/m0/s1. The zero-order chi connectivity index (χ0) is 23.1. The Morgan fingerprint density at radius 1 is 1.18 bits per heavy atom. The molecule has 3 aliphatic rings. The number of cyclic esters (lactones) is 1. The molecule has 0 aliphatic carbocycles. The molecule has 33 heavy (non-hydrogen) atoms. The molecule has 2 N–H and O–H groups in total. The number of rotatable bonds is 2. The number of aliphatic hydroxyl groups is 1. The van der Waals surface area contributed by atoms with Crippen molar-refractivity contribution >= 4 is 22.6 Å². The summed E-state index contributed by atoms with van der Waals surface area (Å²) in [6.45, 7) is 2.18. The summed E-state index contributed by atoms with van der Waals surface area (Å²) in [7, 11) is 1.73. The Morgan fingerprint density at radius 2 is 1.94 bits per heavy atom. The molecule has 9 nitrogen and oxygen atoms in total. The summed E-state index contributed by atoms with van der Waals surface area (Å²) in [5.41, 5.74) is 0.824. The van der Waals surface area contributed by atoms with E-state index in [9.17, 15) is 19.1 Å². The lowest BCUT2D eigenvalue weighted by molar-refractivity contribution is -0.172. The highest BCUT2D eigenvalue weighted by Gasteiger charge is 2.45. The molecule has 1 aromatic carbocycles. The molecule has 0 fully saturated rings. The monoisotopic (exact) mass is 453 g/mol. The third-order valence-electron chi connectivity index (χ3n) is 6.67. The molecule has 2 aromatic heterocycles. The number of hydrogen-bond acceptors (Lipinski definition) is 8. The van der Waals surface area contributed by atoms with Crippen molar-refractivity contribution in [3.05, 3.63) is 45.0 Å². The van der Waals surface area contributed by atoms with E-state index in [2.05, 4.69) is 10.3 Å². The van der Waals surface area contributed by atoms with Crippen molar-refractivity contribution in [3.8, 4) is 22.9 Å². The lowest BCUT2D eigenvalue weighted by Crippen LogP contribution is -2.44. The van der Waals surface area contributed by atoms with E-state index in [1.165, 1.54) is 10.6 Å². The number of aromatic nitrogens is 2. The molecule has 10 heteroatoms. The van der Waals surface area contributed by atoms with Crippen molar-refractivity contribution in [2.24, 2.45) is 0 Å². The van der Waals surface area contributed by atoms with Gasteiger partial charge in [0, 0.05) is 24.2 Å². The average molecular weight is 453 g/mol. The number of halogens is 1. The van der Waals surface area contributed by atoms with Gasteiger partial charge in [-0.05, 0) is 12.5 Å². The normalized spacial score (nSPS) is 20.2. The minimum Gasteiger partial charge on any atom is -0.485 e. The Kier molecular flexibility index (Phi) is 4.04. The number of esters is 1. The second-order valence-electron chi connectivity index (χ2n) is 8.27. The molecule has 0 bridgehead atoms. The third-order valence-corrected chi connectivity index (χ3v) is 6.67. The number of hydrogen-bond donors (Lipinski definition) is 2. The maximum absolute atomic E-state index is 14.8. The van der Waals surface area contributed by atoms with Gasteiger partial charge in [0.05, 0.1) is 40.1 Å². The van der Waals surface area contributed by atoms with E-state index in [0.717, 1.165) is 5.56 Å². The SMILES string of the molecule is CC[C@@]1(O)C(=O)OCc2c1cc1n(c2=O)Cc2c-1nc1cc(F)c3c(c1c2NC)OCCO3. The van der Waals surface area contributed by atoms with Crippen LogP contribution in [0.25, 0.3) is 22.3 Å². The summed E-state index contributed by atoms with van der Waals surface area (Å²) < 4.78 is 32.6. The van der Waals surface area contributed by atoms with Crippen molar-refractivity contribution in [2.75, 3.05) is 25.6 Å². The van der Waals surface area contributed by atoms with Crippen LogP contribution in [0.15, 0.2) is 16.9 Å². The number of nitrogens with one attached hydrogen (secondary N) is 1. The van der Waals surface area contributed by atoms with Gasteiger partial charge >= 0.3 is 5.97 Å². The van der Waals surface area contributed by atoms with Crippen LogP contribution < -0.4 is 20.3 Å². The predicted octanol–water partition coefficient (Wildman–Crippen LogP) is 2.03. The zero-order valence-electron chi connectivity index (χ0n) is 18.0. The van der Waals surface area contributed by atoms with E-state index in [1.807, 2.05) is 0 Å². The smallest absolute Gasteiger partial charge is 0.343 e. The Balaban J connectivity index is 1.67. The van der Waals surface area contributed by atoms with E-state index in [4.69, 9.17) is 14.2 Å². The summed E-state index contributed by atoms with van der Waals surface area (Å²) in [6, 6.07) is 2.90. The number of fused-ring (bicyclic) bond motifs is 7. The van der Waals surface area contributed by atoms with Crippen LogP contribution in [0.3, 0.4) is 0 Å². The molecular formula is C23H20FN3O6. The number of anilines is 1. The van der Waals surface area contributed by atoms with E-state index in [0.29, 0.717) is 28.0 Å². The topological polar surface area (TPSA) is 112 Å². The number of pyridine rings is 2. The molecule has 170 valence electrons. The van der Waals surface area contributed by atoms with Gasteiger partial charge < -0.3 is 29.2 Å². The third kappa shape index (κ3) is 2.46. The van der Waals surface area contributed by atoms with Gasteiger partial charge in [0.2, 0.25) is 0 Å². The molecule has 0 spiro atoms. The van der Waals surface area contributed by atoms with E-state index in [1.54, 1.807) is 20.0 Å². The minimum atomic E-state index is -1.91. The fraction of sp³-hybridized carbons (Fsp3) is 0.348. The summed E-state index contributed by atoms with van der Waals surface area (Å²) in [6.07, 6.45) is 0.0518. The van der Waals surface area contributed by atoms with Crippen molar-refractivity contribution in [1.82, 2.24) is 9.55 Å². The molecule has 0 radical (unpaired) electrons. The van der Waals surface area contributed by atoms with Gasteiger partial charge in [0.15, 0.2) is 22.9 Å². The Labute approximate surface area is 186 Å². The molecular weight excluding hydrogens is 433 g/mol. The summed E-state index contributed by atoms with van der Waals surface area (Å²) in [5.74, 6) is -1.05. The van der Waals surface area contributed by atoms with Crippen LogP contribution in [0.1, 0.15) is 30.0 Å². The molecule has 0 unspecified atom stereocenters. The minimum absolute atomic E-state index is 0.0406. The number of nitrogens with zero attached hydrogens (tertiary/aromatic N) is 2. The van der Waals surface area contributed by atoms with Gasteiger partial charge in [0.25, 0.3) is 5.56 Å². The highest BCUT2D eigenvalue weighted by atomic mass is 19.1. The first kappa shape index (κ1) is 20.0. The first-order valence-electron chi connectivity index (χ1n) is 10.7. The van der Waals surface area contributed by atoms with E-state index >= 15 is 0 Å². The number of ether oxygens (including phenoxy) is 3. The van der Waals surface area contributed by atoms with Gasteiger partial charge in [-0.25, -0.2) is 14.2 Å². The van der Waals surface area contributed by atoms with Crippen LogP contribution in [-0.4, -0.2) is 40.9 Å². The second kappa shape index (κ2) is 6.67. The molecule has 3 aliphatic heterocycles.